The Morgan fingerprint density at radius 1 is 0.574 bits per heavy atom. The number of carbonyl (C=O) groups is 7. The molecule has 4 aromatic carbocycles. The lowest BCUT2D eigenvalue weighted by atomic mass is 9.76. The number of aliphatic hydroxyl groups excluding tert-OH is 1. The van der Waals surface area contributed by atoms with Crippen molar-refractivity contribution in [1.29, 1.82) is 0 Å². The van der Waals surface area contributed by atoms with E-state index in [-0.39, 0.29) is 0 Å². The Bertz CT molecular complexity index is 2750. The summed E-state index contributed by atoms with van der Waals surface area (Å²) in [7, 11) is 0. The lowest BCUT2D eigenvalue weighted by Gasteiger charge is -2.44. The molecule has 1 fully saturated rings. The molecule has 0 aliphatic carbocycles. The molecular weight excluding hydrogens is 924 g/mol. The molecule has 2 bridgehead atoms. The molecule has 3 unspecified atom stereocenters. The predicted octanol–water partition coefficient (Wildman–Crippen LogP) is 0.0179. The van der Waals surface area contributed by atoms with Crippen LogP contribution < -0.4 is 4.74 Å². The monoisotopic (exact) mass is 956 g/mol. The molecule has 7 rings (SSSR count). The Kier molecular flexibility index (Phi) is 12.2. The first kappa shape index (κ1) is 46.9. The van der Waals surface area contributed by atoms with Crippen LogP contribution in [0.5, 0.6) is 69.0 Å². The van der Waals surface area contributed by atoms with Gasteiger partial charge in [-0.25, -0.2) is 24.0 Å². The molecule has 13 N–H and O–H groups in total. The summed E-state index contributed by atoms with van der Waals surface area (Å²) in [5.41, 5.74) is -4.15. The van der Waals surface area contributed by atoms with Crippen LogP contribution in [0.15, 0.2) is 42.5 Å². The van der Waals surface area contributed by atoms with Crippen molar-refractivity contribution < 1.29 is 133 Å². The van der Waals surface area contributed by atoms with E-state index >= 15 is 0 Å². The number of aromatic hydroxyl groups is 11. The normalized spacial score (nSPS) is 23.0. The first-order valence-corrected chi connectivity index (χ1v) is 19.1. The third kappa shape index (κ3) is 8.58. The maximum Gasteiger partial charge on any atom is 0.341 e. The lowest BCUT2D eigenvalue weighted by molar-refractivity contribution is -0.287. The Balaban J connectivity index is 1.44. The van der Waals surface area contributed by atoms with E-state index in [4.69, 9.17) is 33.2 Å². The van der Waals surface area contributed by atoms with Gasteiger partial charge in [0.15, 0.2) is 81.6 Å². The first-order chi connectivity index (χ1) is 32.0. The third-order valence-corrected chi connectivity index (χ3v) is 10.6. The second-order valence-corrected chi connectivity index (χ2v) is 14.9. The van der Waals surface area contributed by atoms with E-state index in [0.29, 0.717) is 42.5 Å². The number of carboxylic acids is 1. The highest BCUT2D eigenvalue weighted by Crippen LogP contribution is 2.51. The van der Waals surface area contributed by atoms with Crippen molar-refractivity contribution >= 4 is 41.8 Å². The van der Waals surface area contributed by atoms with E-state index < -0.39 is 200 Å². The molecule has 0 amide bonds. The topological polar surface area (TPSA) is 447 Å². The minimum Gasteiger partial charge on any atom is -0.504 e. The van der Waals surface area contributed by atoms with Gasteiger partial charge in [-0.05, 0) is 42.5 Å². The summed E-state index contributed by atoms with van der Waals surface area (Å²) in [6, 6.07) is 3.84. The second kappa shape index (κ2) is 17.7. The number of ether oxygens (including phenoxy) is 7. The van der Waals surface area contributed by atoms with Crippen LogP contribution in [-0.4, -0.2) is 152 Å². The van der Waals surface area contributed by atoms with Crippen molar-refractivity contribution in [2.75, 3.05) is 6.61 Å². The number of hydrogen-bond donors (Lipinski definition) is 13. The van der Waals surface area contributed by atoms with Gasteiger partial charge in [-0.15, -0.1) is 0 Å². The Morgan fingerprint density at radius 3 is 1.54 bits per heavy atom. The largest absolute Gasteiger partial charge is 0.504 e. The summed E-state index contributed by atoms with van der Waals surface area (Å²) in [5, 5.41) is 133. The van der Waals surface area contributed by atoms with Gasteiger partial charge in [0.25, 0.3) is 0 Å². The van der Waals surface area contributed by atoms with Crippen molar-refractivity contribution in [2.45, 2.75) is 49.1 Å². The number of fused-ring (bicyclic) bond motifs is 2. The number of benzene rings is 4. The number of rotatable bonds is 9. The summed E-state index contributed by atoms with van der Waals surface area (Å²) in [5.74, 6) is -29.8. The minimum absolute atomic E-state index is 0.449. The van der Waals surface area contributed by atoms with E-state index in [0.717, 1.165) is 0 Å². The van der Waals surface area contributed by atoms with Gasteiger partial charge in [0, 0.05) is 11.5 Å². The van der Waals surface area contributed by atoms with E-state index in [1.54, 1.807) is 0 Å². The number of aliphatic carboxylic acids is 1. The molecule has 1 saturated heterocycles. The number of hydrogen-bond acceptors (Lipinski definition) is 26. The highest BCUT2D eigenvalue weighted by Gasteiger charge is 2.57. The summed E-state index contributed by atoms with van der Waals surface area (Å²) < 4.78 is 38.6. The molecule has 0 spiro atoms. The molecule has 0 aromatic heterocycles. The molecular formula is C41H32O27. The number of carboxylic acid groups (broad SMARTS) is 1. The molecule has 3 aliphatic heterocycles. The van der Waals surface area contributed by atoms with Crippen LogP contribution in [0.2, 0.25) is 0 Å². The smallest absolute Gasteiger partial charge is 0.341 e. The average Bonchev–Trinajstić information content (AvgIpc) is 3.28. The minimum atomic E-state index is -2.57. The van der Waals surface area contributed by atoms with Crippen LogP contribution in [0.25, 0.3) is 0 Å². The SMILES string of the molecule is O=C(O)CC1C(=O)O[C@H]2C(COC(=O)c3cc(O)c(O)c(O)c3)O[C@H](OC(=O)c3cc(O)c(O)c(O)c3)C(OC(=O)c3cc(O)c(O)c4c3[C@@H]1[C@@H](O)C(=O)O4)[C@H]2OC(=O)c1cc(O)c(O)c(O)c1. The quantitative estimate of drug-likeness (QED) is 0.0455. The van der Waals surface area contributed by atoms with E-state index in [9.17, 15) is 99.9 Å². The third-order valence-electron chi connectivity index (χ3n) is 10.6. The van der Waals surface area contributed by atoms with Crippen LogP contribution >= 0.6 is 0 Å². The Morgan fingerprint density at radius 2 is 1.04 bits per heavy atom. The maximum atomic E-state index is 14.5. The summed E-state index contributed by atoms with van der Waals surface area (Å²) >= 11 is 0. The van der Waals surface area contributed by atoms with Gasteiger partial charge < -0.3 is 99.5 Å². The lowest BCUT2D eigenvalue weighted by Crippen LogP contribution is -2.63. The molecule has 68 heavy (non-hydrogen) atoms. The highest BCUT2D eigenvalue weighted by molar-refractivity contribution is 5.98. The Labute approximate surface area is 375 Å². The van der Waals surface area contributed by atoms with E-state index in [1.807, 2.05) is 0 Å². The zero-order chi connectivity index (χ0) is 49.8. The van der Waals surface area contributed by atoms with E-state index in [1.165, 1.54) is 0 Å². The molecule has 27 heteroatoms. The number of carbonyl (C=O) groups excluding carboxylic acids is 6. The fourth-order valence-electron chi connectivity index (χ4n) is 7.37. The van der Waals surface area contributed by atoms with Crippen molar-refractivity contribution in [3.05, 3.63) is 70.3 Å². The fraction of sp³-hybridized carbons (Fsp3) is 0.244. The van der Waals surface area contributed by atoms with E-state index in [2.05, 4.69) is 0 Å². The molecule has 0 radical (unpaired) electrons. The van der Waals surface area contributed by atoms with Crippen LogP contribution in [0, 0.1) is 5.92 Å². The average molecular weight is 957 g/mol. The molecule has 4 aromatic rings. The predicted molar refractivity (Wildman–Crippen MR) is 207 cm³/mol. The van der Waals surface area contributed by atoms with Crippen molar-refractivity contribution in [1.82, 2.24) is 0 Å². The fourth-order valence-corrected chi connectivity index (χ4v) is 7.37. The van der Waals surface area contributed by atoms with Crippen molar-refractivity contribution in [2.24, 2.45) is 5.92 Å². The van der Waals surface area contributed by atoms with Crippen LogP contribution in [-0.2, 0) is 42.8 Å². The number of aliphatic hydroxyl groups is 1. The highest BCUT2D eigenvalue weighted by atomic mass is 16.7. The summed E-state index contributed by atoms with van der Waals surface area (Å²) in [4.78, 5) is 95.4. The number of esters is 6. The molecule has 0 saturated carbocycles. The summed E-state index contributed by atoms with van der Waals surface area (Å²) in [6.45, 7) is -1.28. The van der Waals surface area contributed by atoms with Crippen LogP contribution in [0.3, 0.4) is 0 Å². The first-order valence-electron chi connectivity index (χ1n) is 19.1. The standard InChI is InChI=1S/C41H32O27/c42-15-1-10(2-16(43)26(15)51)35(56)62-9-22-31-33(66-36(57)11-3-17(44)27(52)18(45)4-11)34(41(63-22)68-37(58)12-5-19(46)28(53)20(47)6-12)67-38(59)13-7-21(48)29(54)32-25(13)24(30(55)40(61)65-32)14(8-23(49)50)39(60)64-31/h1-7,14,22,24,30-31,33-34,41-48,51-55H,8-9H2,(H,49,50)/t14?,22?,24-,30-,31+,33+,34?,41-/m1/s1. The number of phenolic OH excluding ortho intramolecular Hbond substituents is 11. The maximum absolute atomic E-state index is 14.5. The van der Waals surface area contributed by atoms with Gasteiger partial charge in [0.1, 0.15) is 12.7 Å². The van der Waals surface area contributed by atoms with Gasteiger partial charge in [0.05, 0.1) is 34.6 Å². The molecule has 27 nitrogen and oxygen atoms in total. The van der Waals surface area contributed by atoms with Gasteiger partial charge in [-0.1, -0.05) is 0 Å². The Hall–Kier alpha value is -9.11. The molecule has 358 valence electrons. The zero-order valence-corrected chi connectivity index (χ0v) is 33.6. The second-order valence-electron chi connectivity index (χ2n) is 14.9. The number of phenols is 11. The van der Waals surface area contributed by atoms with Crippen LogP contribution in [0.4, 0.5) is 0 Å². The summed E-state index contributed by atoms with van der Waals surface area (Å²) in [6.07, 6.45) is -16.3. The van der Waals surface area contributed by atoms with Crippen molar-refractivity contribution in [3.8, 4) is 69.0 Å². The van der Waals surface area contributed by atoms with Gasteiger partial charge in [-0.3, -0.25) is 9.59 Å². The van der Waals surface area contributed by atoms with Gasteiger partial charge >= 0.3 is 41.8 Å². The molecule has 8 atom stereocenters. The molecule has 3 aliphatic rings. The zero-order valence-electron chi connectivity index (χ0n) is 33.6. The van der Waals surface area contributed by atoms with Gasteiger partial charge in [-0.2, -0.15) is 0 Å². The molecule has 3 heterocycles. The van der Waals surface area contributed by atoms with Crippen LogP contribution in [0.1, 0.15) is 59.3 Å². The van der Waals surface area contributed by atoms with Crippen molar-refractivity contribution in [3.63, 3.8) is 0 Å². The van der Waals surface area contributed by atoms with Gasteiger partial charge in [0.2, 0.25) is 18.1 Å².